The zero-order chi connectivity index (χ0) is 14.5. The number of carbonyl (C=O) groups is 1. The van der Waals surface area contributed by atoms with Crippen LogP contribution >= 0.6 is 24.8 Å². The lowest BCUT2D eigenvalue weighted by molar-refractivity contribution is 0.0990. The minimum atomic E-state index is -0.567. The third-order valence-electron chi connectivity index (χ3n) is 3.42. The van der Waals surface area contributed by atoms with E-state index in [1.807, 2.05) is 19.1 Å². The molecule has 0 aliphatic heterocycles. The van der Waals surface area contributed by atoms with E-state index in [-0.39, 0.29) is 30.6 Å². The number of hydrogen-bond acceptors (Lipinski definition) is 3. The predicted octanol–water partition coefficient (Wildman–Crippen LogP) is 4.00. The van der Waals surface area contributed by atoms with Crippen molar-refractivity contribution in [3.8, 4) is 0 Å². The average Bonchev–Trinajstić information content (AvgIpc) is 2.43. The molecule has 1 aromatic heterocycles. The molecular weight excluding hydrogens is 321 g/mol. The molecule has 1 heterocycles. The Bertz CT molecular complexity index is 632. The van der Waals surface area contributed by atoms with E-state index in [0.717, 1.165) is 29.4 Å². The van der Waals surface area contributed by atoms with Gasteiger partial charge in [-0.25, -0.2) is 9.97 Å². The van der Waals surface area contributed by atoms with Gasteiger partial charge in [0.15, 0.2) is 0 Å². The standard InChI is InChI=1S/C16H21N3O.2ClH/c1-3-4-5-6-7-13-12-10-11(2)8-9-14(12)19-16(18-13)15(17)20;;/h8-10H,3-7H2,1-2H3,(H2,17,20);2*1H. The first-order valence-electron chi connectivity index (χ1n) is 7.19. The van der Waals surface area contributed by atoms with Crippen molar-refractivity contribution in [3.05, 3.63) is 35.3 Å². The molecule has 22 heavy (non-hydrogen) atoms. The lowest BCUT2D eigenvalue weighted by atomic mass is 10.0. The lowest BCUT2D eigenvalue weighted by Crippen LogP contribution is -2.16. The van der Waals surface area contributed by atoms with Crippen molar-refractivity contribution in [2.45, 2.75) is 46.0 Å². The van der Waals surface area contributed by atoms with Crippen molar-refractivity contribution in [1.82, 2.24) is 9.97 Å². The van der Waals surface area contributed by atoms with E-state index in [0.29, 0.717) is 0 Å². The Labute approximate surface area is 143 Å². The number of amides is 1. The zero-order valence-corrected chi connectivity index (χ0v) is 14.6. The number of unbranched alkanes of at least 4 members (excludes halogenated alkanes) is 3. The lowest BCUT2D eigenvalue weighted by Gasteiger charge is -2.08. The first kappa shape index (κ1) is 20.6. The molecule has 2 aromatic rings. The molecule has 0 fully saturated rings. The first-order valence-corrected chi connectivity index (χ1v) is 7.19. The summed E-state index contributed by atoms with van der Waals surface area (Å²) in [5.74, 6) is -0.450. The van der Waals surface area contributed by atoms with E-state index in [1.165, 1.54) is 24.8 Å². The Balaban J connectivity index is 0.00000220. The fraction of sp³-hybridized carbons (Fsp3) is 0.438. The van der Waals surface area contributed by atoms with E-state index >= 15 is 0 Å². The van der Waals surface area contributed by atoms with Crippen LogP contribution in [0, 0.1) is 6.92 Å². The maximum Gasteiger partial charge on any atom is 0.286 e. The van der Waals surface area contributed by atoms with Crippen molar-refractivity contribution < 1.29 is 4.79 Å². The van der Waals surface area contributed by atoms with Crippen LogP contribution < -0.4 is 5.73 Å². The van der Waals surface area contributed by atoms with Crippen molar-refractivity contribution in [1.29, 1.82) is 0 Å². The molecule has 0 bridgehead atoms. The van der Waals surface area contributed by atoms with Gasteiger partial charge in [0.2, 0.25) is 5.82 Å². The molecule has 2 rings (SSSR count). The number of aryl methyl sites for hydroxylation is 2. The summed E-state index contributed by atoms with van der Waals surface area (Å²) in [6.07, 6.45) is 5.55. The third kappa shape index (κ3) is 5.11. The minimum Gasteiger partial charge on any atom is -0.363 e. The molecule has 122 valence electrons. The molecule has 0 unspecified atom stereocenters. The number of aromatic nitrogens is 2. The van der Waals surface area contributed by atoms with Gasteiger partial charge < -0.3 is 5.73 Å². The zero-order valence-electron chi connectivity index (χ0n) is 13.0. The molecule has 0 radical (unpaired) electrons. The van der Waals surface area contributed by atoms with Gasteiger partial charge in [0, 0.05) is 5.39 Å². The highest BCUT2D eigenvalue weighted by molar-refractivity contribution is 5.92. The second kappa shape index (κ2) is 9.59. The van der Waals surface area contributed by atoms with Gasteiger partial charge in [-0.3, -0.25) is 4.79 Å². The quantitative estimate of drug-likeness (QED) is 0.805. The van der Waals surface area contributed by atoms with Gasteiger partial charge >= 0.3 is 0 Å². The number of nitrogens with two attached hydrogens (primary N) is 1. The average molecular weight is 344 g/mol. The first-order chi connectivity index (χ1) is 9.61. The molecule has 0 saturated heterocycles. The Morgan fingerprint density at radius 3 is 2.50 bits per heavy atom. The third-order valence-corrected chi connectivity index (χ3v) is 3.42. The van der Waals surface area contributed by atoms with E-state index in [9.17, 15) is 4.79 Å². The van der Waals surface area contributed by atoms with Crippen LogP contribution in [-0.4, -0.2) is 15.9 Å². The molecule has 0 aliphatic rings. The maximum absolute atomic E-state index is 11.3. The van der Waals surface area contributed by atoms with Crippen LogP contribution in [0.25, 0.3) is 10.9 Å². The number of benzene rings is 1. The van der Waals surface area contributed by atoms with E-state index in [1.54, 1.807) is 0 Å². The van der Waals surface area contributed by atoms with Gasteiger partial charge in [-0.05, 0) is 31.9 Å². The van der Waals surface area contributed by atoms with Gasteiger partial charge in [-0.1, -0.05) is 37.8 Å². The normalized spacial score (nSPS) is 9.91. The second-order valence-corrected chi connectivity index (χ2v) is 5.19. The van der Waals surface area contributed by atoms with E-state index in [2.05, 4.69) is 23.0 Å². The molecular formula is C16H23Cl2N3O. The van der Waals surface area contributed by atoms with Crippen LogP contribution in [0.3, 0.4) is 0 Å². The predicted molar refractivity (Wildman–Crippen MR) is 95.1 cm³/mol. The van der Waals surface area contributed by atoms with Gasteiger partial charge in [0.05, 0.1) is 11.2 Å². The van der Waals surface area contributed by atoms with Gasteiger partial charge in [-0.2, -0.15) is 0 Å². The number of hydrogen-bond donors (Lipinski definition) is 1. The SMILES string of the molecule is CCCCCCc1nc(C(N)=O)nc2ccc(C)cc12.Cl.Cl. The monoisotopic (exact) mass is 343 g/mol. The van der Waals surface area contributed by atoms with Crippen LogP contribution in [0.4, 0.5) is 0 Å². The second-order valence-electron chi connectivity index (χ2n) is 5.19. The molecule has 0 saturated carbocycles. The van der Waals surface area contributed by atoms with Crippen LogP contribution in [0.2, 0.25) is 0 Å². The number of nitrogens with zero attached hydrogens (tertiary/aromatic N) is 2. The molecule has 1 aromatic carbocycles. The highest BCUT2D eigenvalue weighted by Gasteiger charge is 2.11. The highest BCUT2D eigenvalue weighted by atomic mass is 35.5. The Hall–Kier alpha value is -1.39. The van der Waals surface area contributed by atoms with Crippen LogP contribution in [-0.2, 0) is 6.42 Å². The summed E-state index contributed by atoms with van der Waals surface area (Å²) in [6.45, 7) is 4.23. The van der Waals surface area contributed by atoms with Gasteiger partial charge in [-0.15, -0.1) is 24.8 Å². The smallest absolute Gasteiger partial charge is 0.286 e. The molecule has 0 spiro atoms. The minimum absolute atomic E-state index is 0. The molecule has 4 nitrogen and oxygen atoms in total. The summed E-state index contributed by atoms with van der Waals surface area (Å²) in [6, 6.07) is 5.99. The van der Waals surface area contributed by atoms with Crippen molar-refractivity contribution in [2.75, 3.05) is 0 Å². The summed E-state index contributed by atoms with van der Waals surface area (Å²) >= 11 is 0. The van der Waals surface area contributed by atoms with Gasteiger partial charge in [0.25, 0.3) is 5.91 Å². The van der Waals surface area contributed by atoms with E-state index in [4.69, 9.17) is 5.73 Å². The van der Waals surface area contributed by atoms with Crippen molar-refractivity contribution >= 4 is 41.6 Å². The number of halogens is 2. The van der Waals surface area contributed by atoms with E-state index < -0.39 is 5.91 Å². The summed E-state index contributed by atoms with van der Waals surface area (Å²) in [5.41, 5.74) is 8.22. The summed E-state index contributed by atoms with van der Waals surface area (Å²) in [4.78, 5) is 19.9. The topological polar surface area (TPSA) is 68.9 Å². The molecule has 0 atom stereocenters. The van der Waals surface area contributed by atoms with Crippen LogP contribution in [0.15, 0.2) is 18.2 Å². The Kier molecular flexibility index (Phi) is 8.99. The van der Waals surface area contributed by atoms with Crippen molar-refractivity contribution in [3.63, 3.8) is 0 Å². The largest absolute Gasteiger partial charge is 0.363 e. The summed E-state index contributed by atoms with van der Waals surface area (Å²) in [7, 11) is 0. The fourth-order valence-electron chi connectivity index (χ4n) is 2.33. The molecule has 6 heteroatoms. The van der Waals surface area contributed by atoms with Crippen LogP contribution in [0.5, 0.6) is 0 Å². The summed E-state index contributed by atoms with van der Waals surface area (Å²) in [5, 5.41) is 1.03. The maximum atomic E-state index is 11.3. The number of carbonyl (C=O) groups excluding carboxylic acids is 1. The Morgan fingerprint density at radius 2 is 1.86 bits per heavy atom. The molecule has 0 aliphatic carbocycles. The summed E-state index contributed by atoms with van der Waals surface area (Å²) < 4.78 is 0. The number of primary amides is 1. The Morgan fingerprint density at radius 1 is 1.14 bits per heavy atom. The van der Waals surface area contributed by atoms with Crippen LogP contribution in [0.1, 0.15) is 54.5 Å². The number of rotatable bonds is 6. The highest BCUT2D eigenvalue weighted by Crippen LogP contribution is 2.19. The van der Waals surface area contributed by atoms with Gasteiger partial charge in [0.1, 0.15) is 0 Å². The number of fused-ring (bicyclic) bond motifs is 1. The van der Waals surface area contributed by atoms with Crippen molar-refractivity contribution in [2.24, 2.45) is 5.73 Å². The molecule has 2 N–H and O–H groups in total. The fourth-order valence-corrected chi connectivity index (χ4v) is 2.33. The molecule has 1 amide bonds.